The maximum Gasteiger partial charge on any atom is 0.124 e. The average molecular weight is 281 g/mol. The van der Waals surface area contributed by atoms with Crippen molar-refractivity contribution in [2.45, 2.75) is 51.9 Å². The number of ether oxygens (including phenoxy) is 1. The summed E-state index contributed by atoms with van der Waals surface area (Å²) in [5.41, 5.74) is 0.433. The summed E-state index contributed by atoms with van der Waals surface area (Å²) in [6, 6.07) is 5.72. The molecule has 0 amide bonds. The number of rotatable bonds is 6. The molecule has 1 aromatic carbocycles. The number of hydrogen-bond acceptors (Lipinski definition) is 4. The molecule has 0 aliphatic heterocycles. The first-order valence-corrected chi connectivity index (χ1v) is 6.88. The van der Waals surface area contributed by atoms with Crippen LogP contribution >= 0.6 is 0 Å². The molecule has 4 heteroatoms. The van der Waals surface area contributed by atoms with E-state index < -0.39 is 17.2 Å². The minimum absolute atomic E-state index is 0.344. The van der Waals surface area contributed by atoms with Gasteiger partial charge >= 0.3 is 0 Å². The maximum atomic E-state index is 10.4. The topological polar surface area (TPSA) is 61.7 Å². The van der Waals surface area contributed by atoms with Gasteiger partial charge in [-0.15, -0.1) is 0 Å². The number of hydrogen-bond donors (Lipinski definition) is 3. The smallest absolute Gasteiger partial charge is 0.124 e. The minimum Gasteiger partial charge on any atom is -0.496 e. The van der Waals surface area contributed by atoms with E-state index in [0.29, 0.717) is 12.3 Å². The van der Waals surface area contributed by atoms with E-state index in [4.69, 9.17) is 4.74 Å². The zero-order valence-electron chi connectivity index (χ0n) is 13.3. The van der Waals surface area contributed by atoms with Gasteiger partial charge < -0.3 is 20.3 Å². The number of nitrogens with one attached hydrogen (secondary N) is 1. The summed E-state index contributed by atoms with van der Waals surface area (Å²) in [6.45, 7) is 9.64. The first-order valence-electron chi connectivity index (χ1n) is 6.88. The highest BCUT2D eigenvalue weighted by atomic mass is 16.5. The van der Waals surface area contributed by atoms with Crippen LogP contribution in [0, 0.1) is 6.92 Å². The normalized spacial score (nSPS) is 14.2. The van der Waals surface area contributed by atoms with Gasteiger partial charge in [0.1, 0.15) is 5.75 Å². The van der Waals surface area contributed by atoms with Gasteiger partial charge in [-0.3, -0.25) is 0 Å². The summed E-state index contributed by atoms with van der Waals surface area (Å²) in [4.78, 5) is 0. The fraction of sp³-hybridized carbons (Fsp3) is 0.625. The number of methoxy groups -OCH3 is 1. The molecule has 20 heavy (non-hydrogen) atoms. The molecular weight excluding hydrogens is 254 g/mol. The summed E-state index contributed by atoms with van der Waals surface area (Å²) in [5, 5.41) is 23.7. The van der Waals surface area contributed by atoms with Gasteiger partial charge in [0.15, 0.2) is 0 Å². The fourth-order valence-corrected chi connectivity index (χ4v) is 1.79. The van der Waals surface area contributed by atoms with E-state index in [-0.39, 0.29) is 0 Å². The Labute approximate surface area is 121 Å². The Morgan fingerprint density at radius 2 is 1.85 bits per heavy atom. The quantitative estimate of drug-likeness (QED) is 0.748. The van der Waals surface area contributed by atoms with Crippen LogP contribution in [-0.4, -0.2) is 35.0 Å². The van der Waals surface area contributed by atoms with Crippen LogP contribution in [-0.2, 0) is 0 Å². The van der Waals surface area contributed by atoms with Crippen molar-refractivity contribution in [3.63, 3.8) is 0 Å². The molecule has 3 N–H and O–H groups in total. The highest BCUT2D eigenvalue weighted by Gasteiger charge is 2.35. The van der Waals surface area contributed by atoms with Gasteiger partial charge in [-0.05, 0) is 46.8 Å². The largest absolute Gasteiger partial charge is 0.496 e. The Bertz CT molecular complexity index is 450. The third-order valence-electron chi connectivity index (χ3n) is 4.01. The van der Waals surface area contributed by atoms with Crippen LogP contribution in [0.15, 0.2) is 18.2 Å². The fourth-order valence-electron chi connectivity index (χ4n) is 1.79. The molecule has 0 fully saturated rings. The van der Waals surface area contributed by atoms with E-state index in [1.165, 1.54) is 0 Å². The van der Waals surface area contributed by atoms with Gasteiger partial charge in [0.05, 0.1) is 18.8 Å². The lowest BCUT2D eigenvalue weighted by atomic mass is 9.85. The van der Waals surface area contributed by atoms with E-state index in [9.17, 15) is 10.2 Å². The van der Waals surface area contributed by atoms with Gasteiger partial charge in [0.2, 0.25) is 0 Å². The van der Waals surface area contributed by atoms with Gasteiger partial charge in [-0.25, -0.2) is 0 Å². The first-order chi connectivity index (χ1) is 9.08. The molecular formula is C16H27NO3. The second-order valence-electron chi connectivity index (χ2n) is 6.33. The second-order valence-corrected chi connectivity index (χ2v) is 6.33. The maximum absolute atomic E-state index is 10.4. The summed E-state index contributed by atoms with van der Waals surface area (Å²) >= 11 is 0. The number of β-amino-alcohol motifs (C(OH)–C–C–N with tert-alkyl or cyclic N) is 1. The van der Waals surface area contributed by atoms with Crippen LogP contribution in [0.3, 0.4) is 0 Å². The third kappa shape index (κ3) is 3.95. The van der Waals surface area contributed by atoms with E-state index in [0.717, 1.165) is 11.1 Å². The van der Waals surface area contributed by atoms with Crippen LogP contribution in [0.1, 0.15) is 44.9 Å². The minimum atomic E-state index is -0.886. The highest BCUT2D eigenvalue weighted by molar-refractivity contribution is 5.38. The van der Waals surface area contributed by atoms with Crippen molar-refractivity contribution in [2.75, 3.05) is 13.7 Å². The van der Waals surface area contributed by atoms with Crippen molar-refractivity contribution in [3.8, 4) is 5.75 Å². The summed E-state index contributed by atoms with van der Waals surface area (Å²) < 4.78 is 5.28. The van der Waals surface area contributed by atoms with E-state index in [1.807, 2.05) is 39.0 Å². The molecule has 1 atom stereocenters. The average Bonchev–Trinajstić information content (AvgIpc) is 2.34. The lowest BCUT2D eigenvalue weighted by Crippen LogP contribution is -2.56. The Kier molecular flexibility index (Phi) is 5.19. The number of aliphatic hydroxyl groups is 2. The SMILES string of the molecule is COc1ccc(C)cc1C(O)CNC(C)(C)C(C)(C)O. The predicted octanol–water partition coefficient (Wildman–Crippen LogP) is 2.18. The van der Waals surface area contributed by atoms with Crippen LogP contribution in [0.5, 0.6) is 5.75 Å². The Balaban J connectivity index is 2.82. The molecule has 1 aromatic rings. The molecule has 0 spiro atoms. The van der Waals surface area contributed by atoms with Gasteiger partial charge in [0.25, 0.3) is 0 Å². The van der Waals surface area contributed by atoms with Crippen LogP contribution in [0.2, 0.25) is 0 Å². The lowest BCUT2D eigenvalue weighted by Gasteiger charge is -2.39. The molecule has 0 aliphatic rings. The summed E-state index contributed by atoms with van der Waals surface area (Å²) in [7, 11) is 1.59. The van der Waals surface area contributed by atoms with Crippen LogP contribution < -0.4 is 10.1 Å². The van der Waals surface area contributed by atoms with Crippen molar-refractivity contribution in [3.05, 3.63) is 29.3 Å². The molecule has 4 nitrogen and oxygen atoms in total. The van der Waals surface area contributed by atoms with Crippen molar-refractivity contribution in [1.82, 2.24) is 5.32 Å². The van der Waals surface area contributed by atoms with E-state index in [2.05, 4.69) is 5.32 Å². The second kappa shape index (κ2) is 6.12. The summed E-state index contributed by atoms with van der Waals surface area (Å²) in [6.07, 6.45) is -0.688. The first kappa shape index (κ1) is 17.0. The van der Waals surface area contributed by atoms with Gasteiger partial charge in [-0.2, -0.15) is 0 Å². The molecule has 1 rings (SSSR count). The Morgan fingerprint density at radius 1 is 1.25 bits per heavy atom. The zero-order valence-corrected chi connectivity index (χ0v) is 13.3. The van der Waals surface area contributed by atoms with E-state index >= 15 is 0 Å². The molecule has 0 radical (unpaired) electrons. The molecule has 0 heterocycles. The number of aliphatic hydroxyl groups excluding tert-OH is 1. The summed E-state index contributed by atoms with van der Waals surface area (Å²) in [5.74, 6) is 0.672. The number of aryl methyl sites for hydroxylation is 1. The molecule has 0 aromatic heterocycles. The molecule has 0 saturated heterocycles. The van der Waals surface area contributed by atoms with Crippen molar-refractivity contribution < 1.29 is 14.9 Å². The molecule has 114 valence electrons. The van der Waals surface area contributed by atoms with Crippen LogP contribution in [0.4, 0.5) is 0 Å². The molecule has 1 unspecified atom stereocenters. The predicted molar refractivity (Wildman–Crippen MR) is 81.1 cm³/mol. The molecule has 0 saturated carbocycles. The molecule has 0 bridgehead atoms. The van der Waals surface area contributed by atoms with Gasteiger partial charge in [-0.1, -0.05) is 11.6 Å². The van der Waals surface area contributed by atoms with Crippen LogP contribution in [0.25, 0.3) is 0 Å². The van der Waals surface area contributed by atoms with Crippen molar-refractivity contribution >= 4 is 0 Å². The van der Waals surface area contributed by atoms with E-state index in [1.54, 1.807) is 21.0 Å². The highest BCUT2D eigenvalue weighted by Crippen LogP contribution is 2.27. The molecule has 0 aliphatic carbocycles. The number of benzene rings is 1. The standard InChI is InChI=1S/C16H27NO3/c1-11-7-8-14(20-6)12(9-11)13(18)10-17-15(2,3)16(4,5)19/h7-9,13,17-19H,10H2,1-6H3. The van der Waals surface area contributed by atoms with Crippen molar-refractivity contribution in [1.29, 1.82) is 0 Å². The third-order valence-corrected chi connectivity index (χ3v) is 4.01. The Morgan fingerprint density at radius 3 is 2.35 bits per heavy atom. The zero-order chi connectivity index (χ0) is 15.6. The van der Waals surface area contributed by atoms with Crippen molar-refractivity contribution in [2.24, 2.45) is 0 Å². The Hall–Kier alpha value is -1.10. The lowest BCUT2D eigenvalue weighted by molar-refractivity contribution is -0.00987. The monoisotopic (exact) mass is 281 g/mol. The van der Waals surface area contributed by atoms with Gasteiger partial charge in [0, 0.05) is 17.6 Å².